The second-order valence-electron chi connectivity index (χ2n) is 5.78. The molecule has 0 unspecified atom stereocenters. The van der Waals surface area contributed by atoms with E-state index in [-0.39, 0.29) is 0 Å². The van der Waals surface area contributed by atoms with Crippen LogP contribution in [0.3, 0.4) is 0 Å². The Bertz CT molecular complexity index is 610. The average molecular weight is 329 g/mol. The van der Waals surface area contributed by atoms with Gasteiger partial charge in [0.2, 0.25) is 0 Å². The largest absolute Gasteiger partial charge is 0.282 e. The summed E-state index contributed by atoms with van der Waals surface area (Å²) in [6.45, 7) is 2.27. The molecule has 116 valence electrons. The quantitative estimate of drug-likeness (QED) is 0.837. The SMILES string of the molecule is O=S(=O)(N1CCCCCC1)N1CCc2c(Cl)cccc2C1. The number of hydrogen-bond donors (Lipinski definition) is 0. The molecule has 1 aromatic rings. The van der Waals surface area contributed by atoms with Crippen molar-refractivity contribution < 1.29 is 8.42 Å². The molecule has 0 N–H and O–H groups in total. The van der Waals surface area contributed by atoms with E-state index in [2.05, 4.69) is 0 Å². The lowest BCUT2D eigenvalue weighted by atomic mass is 10.0. The van der Waals surface area contributed by atoms with Gasteiger partial charge in [0.15, 0.2) is 0 Å². The van der Waals surface area contributed by atoms with Crippen LogP contribution < -0.4 is 0 Å². The summed E-state index contributed by atoms with van der Waals surface area (Å²) in [6, 6.07) is 5.74. The van der Waals surface area contributed by atoms with E-state index in [1.54, 1.807) is 8.61 Å². The Morgan fingerprint density at radius 3 is 2.38 bits per heavy atom. The Morgan fingerprint density at radius 1 is 0.952 bits per heavy atom. The van der Waals surface area contributed by atoms with Crippen molar-refractivity contribution in [2.24, 2.45) is 0 Å². The molecule has 2 heterocycles. The highest BCUT2D eigenvalue weighted by Crippen LogP contribution is 2.28. The van der Waals surface area contributed by atoms with Crippen LogP contribution in [0.25, 0.3) is 0 Å². The Hall–Kier alpha value is -0.620. The average Bonchev–Trinajstić information content (AvgIpc) is 2.77. The van der Waals surface area contributed by atoms with Crippen LogP contribution in [-0.2, 0) is 23.2 Å². The molecule has 1 saturated heterocycles. The molecule has 2 aliphatic rings. The third kappa shape index (κ3) is 3.11. The van der Waals surface area contributed by atoms with Gasteiger partial charge in [-0.1, -0.05) is 36.6 Å². The van der Waals surface area contributed by atoms with E-state index in [4.69, 9.17) is 11.6 Å². The van der Waals surface area contributed by atoms with Crippen molar-refractivity contribution in [2.45, 2.75) is 38.6 Å². The topological polar surface area (TPSA) is 40.6 Å². The first-order valence-corrected chi connectivity index (χ1v) is 9.38. The molecular weight excluding hydrogens is 308 g/mol. The molecular formula is C15H21ClN2O2S. The van der Waals surface area contributed by atoms with Crippen LogP contribution in [0.15, 0.2) is 18.2 Å². The summed E-state index contributed by atoms with van der Waals surface area (Å²) >= 11 is 6.20. The van der Waals surface area contributed by atoms with Gasteiger partial charge in [0.05, 0.1) is 0 Å². The minimum absolute atomic E-state index is 0.439. The number of halogens is 1. The monoisotopic (exact) mass is 328 g/mol. The van der Waals surface area contributed by atoms with Crippen LogP contribution >= 0.6 is 11.6 Å². The number of hydrogen-bond acceptors (Lipinski definition) is 2. The maximum Gasteiger partial charge on any atom is 0.282 e. The zero-order valence-corrected chi connectivity index (χ0v) is 13.7. The van der Waals surface area contributed by atoms with Gasteiger partial charge >= 0.3 is 0 Å². The molecule has 0 radical (unpaired) electrons. The van der Waals surface area contributed by atoms with Crippen molar-refractivity contribution in [3.8, 4) is 0 Å². The van der Waals surface area contributed by atoms with Gasteiger partial charge in [-0.05, 0) is 36.5 Å². The van der Waals surface area contributed by atoms with Gasteiger partial charge in [0.25, 0.3) is 10.2 Å². The zero-order valence-electron chi connectivity index (χ0n) is 12.1. The Kier molecular flexibility index (Phi) is 4.54. The maximum atomic E-state index is 12.8. The van der Waals surface area contributed by atoms with Gasteiger partial charge in [0.1, 0.15) is 0 Å². The summed E-state index contributed by atoms with van der Waals surface area (Å²) in [4.78, 5) is 0. The molecule has 2 aliphatic heterocycles. The van der Waals surface area contributed by atoms with E-state index in [0.717, 1.165) is 41.8 Å². The predicted molar refractivity (Wildman–Crippen MR) is 84.5 cm³/mol. The zero-order chi connectivity index (χ0) is 14.9. The second kappa shape index (κ2) is 6.24. The summed E-state index contributed by atoms with van der Waals surface area (Å²) in [7, 11) is -3.34. The first-order chi connectivity index (χ1) is 10.1. The van der Waals surface area contributed by atoms with Gasteiger partial charge in [-0.3, -0.25) is 0 Å². The highest BCUT2D eigenvalue weighted by Gasteiger charge is 2.32. The molecule has 0 atom stereocenters. The Labute approximate surface area is 131 Å². The lowest BCUT2D eigenvalue weighted by Gasteiger charge is -2.33. The number of fused-ring (bicyclic) bond motifs is 1. The lowest BCUT2D eigenvalue weighted by Crippen LogP contribution is -2.46. The maximum absolute atomic E-state index is 12.8. The van der Waals surface area contributed by atoms with Crippen molar-refractivity contribution in [1.29, 1.82) is 0 Å². The minimum Gasteiger partial charge on any atom is -0.195 e. The summed E-state index contributed by atoms with van der Waals surface area (Å²) < 4.78 is 28.9. The first-order valence-electron chi connectivity index (χ1n) is 7.60. The van der Waals surface area contributed by atoms with Crippen LogP contribution in [0, 0.1) is 0 Å². The molecule has 3 rings (SSSR count). The van der Waals surface area contributed by atoms with E-state index < -0.39 is 10.2 Å². The van der Waals surface area contributed by atoms with Crippen molar-refractivity contribution in [2.75, 3.05) is 19.6 Å². The van der Waals surface area contributed by atoms with E-state index in [1.807, 2.05) is 18.2 Å². The van der Waals surface area contributed by atoms with E-state index in [9.17, 15) is 8.42 Å². The smallest absolute Gasteiger partial charge is 0.195 e. The molecule has 0 aliphatic carbocycles. The fraction of sp³-hybridized carbons (Fsp3) is 0.600. The van der Waals surface area contributed by atoms with Crippen LogP contribution in [0.2, 0.25) is 5.02 Å². The molecule has 4 nitrogen and oxygen atoms in total. The van der Waals surface area contributed by atoms with Crippen LogP contribution in [0.1, 0.15) is 36.8 Å². The fourth-order valence-electron chi connectivity index (χ4n) is 3.17. The minimum atomic E-state index is -3.34. The molecule has 0 aromatic heterocycles. The third-order valence-corrected chi connectivity index (χ3v) is 6.73. The first kappa shape index (κ1) is 15.3. The Morgan fingerprint density at radius 2 is 1.67 bits per heavy atom. The number of benzene rings is 1. The van der Waals surface area contributed by atoms with Gasteiger partial charge in [-0.15, -0.1) is 0 Å². The molecule has 6 heteroatoms. The summed E-state index contributed by atoms with van der Waals surface area (Å²) in [5, 5.41) is 0.749. The van der Waals surface area contributed by atoms with E-state index in [1.165, 1.54) is 0 Å². The van der Waals surface area contributed by atoms with Gasteiger partial charge in [-0.25, -0.2) is 0 Å². The van der Waals surface area contributed by atoms with Gasteiger partial charge < -0.3 is 0 Å². The highest BCUT2D eigenvalue weighted by molar-refractivity contribution is 7.86. The number of rotatable bonds is 2. The van der Waals surface area contributed by atoms with Crippen LogP contribution in [-0.4, -0.2) is 36.7 Å². The molecule has 0 bridgehead atoms. The summed E-state index contributed by atoms with van der Waals surface area (Å²) in [5.74, 6) is 0. The highest BCUT2D eigenvalue weighted by atomic mass is 35.5. The molecule has 0 amide bonds. The van der Waals surface area contributed by atoms with Crippen molar-refractivity contribution in [3.63, 3.8) is 0 Å². The normalized spacial score (nSPS) is 21.8. The van der Waals surface area contributed by atoms with Crippen molar-refractivity contribution in [3.05, 3.63) is 34.3 Å². The van der Waals surface area contributed by atoms with Crippen molar-refractivity contribution >= 4 is 21.8 Å². The van der Waals surface area contributed by atoms with E-state index in [0.29, 0.717) is 32.6 Å². The lowest BCUT2D eigenvalue weighted by molar-refractivity contribution is 0.328. The summed E-state index contributed by atoms with van der Waals surface area (Å²) in [6.07, 6.45) is 4.89. The fourth-order valence-corrected chi connectivity index (χ4v) is 5.13. The summed E-state index contributed by atoms with van der Waals surface area (Å²) in [5.41, 5.74) is 2.13. The van der Waals surface area contributed by atoms with Crippen LogP contribution in [0.4, 0.5) is 0 Å². The molecule has 0 saturated carbocycles. The second-order valence-corrected chi connectivity index (χ2v) is 8.12. The van der Waals surface area contributed by atoms with Gasteiger partial charge in [-0.2, -0.15) is 17.0 Å². The van der Waals surface area contributed by atoms with Crippen molar-refractivity contribution in [1.82, 2.24) is 8.61 Å². The molecule has 21 heavy (non-hydrogen) atoms. The molecule has 1 fully saturated rings. The number of nitrogens with zero attached hydrogens (tertiary/aromatic N) is 2. The molecule has 0 spiro atoms. The predicted octanol–water partition coefficient (Wildman–Crippen LogP) is 2.82. The van der Waals surface area contributed by atoms with Crippen LogP contribution in [0.5, 0.6) is 0 Å². The molecule has 1 aromatic carbocycles. The third-order valence-electron chi connectivity index (χ3n) is 4.39. The standard InChI is InChI=1S/C15H21ClN2O2S/c16-15-7-5-6-13-12-18(11-8-14(13)15)21(19,20)17-9-3-1-2-4-10-17/h5-7H,1-4,8-12H2. The Balaban J connectivity index is 1.81. The van der Waals surface area contributed by atoms with E-state index >= 15 is 0 Å². The van der Waals surface area contributed by atoms with Gasteiger partial charge in [0, 0.05) is 31.2 Å².